The van der Waals surface area contributed by atoms with E-state index in [0.29, 0.717) is 26.2 Å². The Hall–Kier alpha value is -2.09. The molecule has 0 bridgehead atoms. The number of ether oxygens (including phenoxy) is 1. The van der Waals surface area contributed by atoms with Crippen LogP contribution >= 0.6 is 0 Å². The molecule has 1 aromatic rings. The van der Waals surface area contributed by atoms with Crippen LogP contribution in [0, 0.1) is 20.8 Å². The minimum Gasteiger partial charge on any atom is -0.361 e. The summed E-state index contributed by atoms with van der Waals surface area (Å²) in [6.45, 7) is 9.42. The summed E-state index contributed by atoms with van der Waals surface area (Å²) in [5, 5.41) is 7.51. The van der Waals surface area contributed by atoms with Gasteiger partial charge < -0.3 is 19.9 Å². The van der Waals surface area contributed by atoms with Gasteiger partial charge in [-0.15, -0.1) is 0 Å². The molecule has 26 heavy (non-hydrogen) atoms. The zero-order chi connectivity index (χ0) is 18.9. The van der Waals surface area contributed by atoms with Crippen molar-refractivity contribution in [3.8, 4) is 0 Å². The van der Waals surface area contributed by atoms with E-state index in [2.05, 4.69) is 24.3 Å². The lowest BCUT2D eigenvalue weighted by molar-refractivity contribution is -0.158. The fourth-order valence-electron chi connectivity index (χ4n) is 3.70. The molecule has 2 aliphatic heterocycles. The van der Waals surface area contributed by atoms with Crippen LogP contribution in [-0.4, -0.2) is 77.0 Å². The van der Waals surface area contributed by atoms with Crippen LogP contribution in [0.4, 0.5) is 4.79 Å². The number of carbonyl (C=O) groups is 2. The first kappa shape index (κ1) is 18.7. The van der Waals surface area contributed by atoms with Gasteiger partial charge in [0.1, 0.15) is 12.2 Å². The molecule has 144 valence electrons. The number of nitrogens with one attached hydrogen (secondary N) is 1. The summed E-state index contributed by atoms with van der Waals surface area (Å²) in [5.74, 6) is -0.00193. The van der Waals surface area contributed by atoms with E-state index >= 15 is 0 Å². The third-order valence-corrected chi connectivity index (χ3v) is 5.62. The Morgan fingerprint density at radius 1 is 1.31 bits per heavy atom. The predicted octanol–water partition coefficient (Wildman–Crippen LogP) is 0.841. The first-order valence-electron chi connectivity index (χ1n) is 9.23. The third kappa shape index (κ3) is 3.70. The van der Waals surface area contributed by atoms with Gasteiger partial charge in [0.25, 0.3) is 0 Å². The normalized spacial score (nSPS) is 23.2. The van der Waals surface area contributed by atoms with Gasteiger partial charge in [-0.05, 0) is 39.2 Å². The van der Waals surface area contributed by atoms with Gasteiger partial charge in [0.05, 0.1) is 18.8 Å². The van der Waals surface area contributed by atoms with Crippen LogP contribution in [-0.2, 0) is 16.1 Å². The summed E-state index contributed by atoms with van der Waals surface area (Å²) < 4.78 is 7.78. The number of carbonyl (C=O) groups excluding carboxylic acids is 2. The highest BCUT2D eigenvalue weighted by Crippen LogP contribution is 2.29. The number of hydrogen-bond donors (Lipinski definition) is 1. The van der Waals surface area contributed by atoms with Crippen molar-refractivity contribution in [1.29, 1.82) is 0 Å². The summed E-state index contributed by atoms with van der Waals surface area (Å²) in [6.07, 6.45) is 1.60. The van der Waals surface area contributed by atoms with Crippen molar-refractivity contribution >= 4 is 11.9 Å². The molecule has 3 amide bonds. The largest absolute Gasteiger partial charge is 0.361 e. The standard InChI is InChI=1S/C18H29N5O3/c1-13-14(2)20-23(15(13)3)8-5-7-19-17(25)22-9-6-18(12-22)11-21(4)16(24)10-26-18/h5-12H2,1-4H3,(H,19,25)/t18-/m0/s1. The summed E-state index contributed by atoms with van der Waals surface area (Å²) in [7, 11) is 1.79. The first-order chi connectivity index (χ1) is 12.3. The average Bonchev–Trinajstić information content (AvgIpc) is 3.13. The Bertz CT molecular complexity index is 701. The maximum absolute atomic E-state index is 12.4. The van der Waals surface area contributed by atoms with Crippen LogP contribution in [0.15, 0.2) is 0 Å². The van der Waals surface area contributed by atoms with E-state index < -0.39 is 5.60 Å². The topological polar surface area (TPSA) is 79.7 Å². The molecule has 3 rings (SSSR count). The number of likely N-dealkylation sites (N-methyl/N-ethyl adjacent to an activating group) is 1. The molecular formula is C18H29N5O3. The molecule has 0 saturated carbocycles. The molecule has 3 heterocycles. The van der Waals surface area contributed by atoms with Crippen molar-refractivity contribution in [2.45, 2.75) is 45.8 Å². The SMILES string of the molecule is Cc1nn(CCCNC(=O)N2CC[C@]3(CN(C)C(=O)CO3)C2)c(C)c1C. The molecule has 1 aromatic heterocycles. The Labute approximate surface area is 154 Å². The molecule has 0 aliphatic carbocycles. The fourth-order valence-corrected chi connectivity index (χ4v) is 3.70. The first-order valence-corrected chi connectivity index (χ1v) is 9.23. The maximum Gasteiger partial charge on any atom is 0.317 e. The number of morpholine rings is 1. The van der Waals surface area contributed by atoms with E-state index in [1.807, 2.05) is 11.6 Å². The number of likely N-dealkylation sites (tertiary alicyclic amines) is 1. The fraction of sp³-hybridized carbons (Fsp3) is 0.722. The molecule has 0 unspecified atom stereocenters. The van der Waals surface area contributed by atoms with Gasteiger partial charge >= 0.3 is 6.03 Å². The quantitative estimate of drug-likeness (QED) is 0.804. The highest BCUT2D eigenvalue weighted by molar-refractivity contribution is 5.78. The Kier molecular flexibility index (Phi) is 5.22. The zero-order valence-corrected chi connectivity index (χ0v) is 16.2. The summed E-state index contributed by atoms with van der Waals surface area (Å²) in [6, 6.07) is -0.0606. The zero-order valence-electron chi connectivity index (χ0n) is 16.2. The van der Waals surface area contributed by atoms with Crippen molar-refractivity contribution in [2.24, 2.45) is 0 Å². The van der Waals surface area contributed by atoms with Crippen LogP contribution < -0.4 is 5.32 Å². The van der Waals surface area contributed by atoms with Gasteiger partial charge in [0.15, 0.2) is 0 Å². The van der Waals surface area contributed by atoms with Crippen molar-refractivity contribution < 1.29 is 14.3 Å². The van der Waals surface area contributed by atoms with Crippen molar-refractivity contribution in [3.05, 3.63) is 17.0 Å². The number of rotatable bonds is 4. The van der Waals surface area contributed by atoms with Crippen LogP contribution in [0.25, 0.3) is 0 Å². The number of aromatic nitrogens is 2. The van der Waals surface area contributed by atoms with Gasteiger partial charge in [0.2, 0.25) is 5.91 Å². The minimum atomic E-state index is -0.402. The Morgan fingerprint density at radius 3 is 2.73 bits per heavy atom. The van der Waals surface area contributed by atoms with E-state index in [1.165, 1.54) is 11.3 Å². The molecule has 2 aliphatic rings. The third-order valence-electron chi connectivity index (χ3n) is 5.62. The lowest BCUT2D eigenvalue weighted by Gasteiger charge is -2.38. The van der Waals surface area contributed by atoms with Crippen molar-refractivity contribution in [1.82, 2.24) is 24.9 Å². The molecule has 1 atom stereocenters. The summed E-state index contributed by atoms with van der Waals surface area (Å²) in [5.41, 5.74) is 3.07. The number of amides is 3. The molecule has 1 spiro atoms. The molecule has 1 N–H and O–H groups in total. The van der Waals surface area contributed by atoms with Crippen LogP contribution in [0.2, 0.25) is 0 Å². The van der Waals surface area contributed by atoms with Gasteiger partial charge in [-0.25, -0.2) is 4.79 Å². The van der Waals surface area contributed by atoms with Crippen molar-refractivity contribution in [3.63, 3.8) is 0 Å². The molecule has 2 fully saturated rings. The molecule has 2 saturated heterocycles. The van der Waals surface area contributed by atoms with Gasteiger partial charge in [-0.3, -0.25) is 9.48 Å². The monoisotopic (exact) mass is 363 g/mol. The minimum absolute atomic E-state index is 0.00193. The smallest absolute Gasteiger partial charge is 0.317 e. The predicted molar refractivity (Wildman–Crippen MR) is 97.0 cm³/mol. The van der Waals surface area contributed by atoms with Crippen molar-refractivity contribution in [2.75, 3.05) is 39.8 Å². The lowest BCUT2D eigenvalue weighted by atomic mass is 10.0. The molecule has 0 aromatic carbocycles. The Balaban J connectivity index is 1.43. The highest BCUT2D eigenvalue weighted by atomic mass is 16.5. The number of aryl methyl sites for hydroxylation is 2. The molecule has 0 radical (unpaired) electrons. The second-order valence-electron chi connectivity index (χ2n) is 7.50. The number of urea groups is 1. The maximum atomic E-state index is 12.4. The van der Waals surface area contributed by atoms with Crippen LogP contribution in [0.5, 0.6) is 0 Å². The second kappa shape index (κ2) is 7.26. The van der Waals surface area contributed by atoms with Crippen LogP contribution in [0.3, 0.4) is 0 Å². The molecule has 8 heteroatoms. The summed E-state index contributed by atoms with van der Waals surface area (Å²) in [4.78, 5) is 27.5. The molecule has 8 nitrogen and oxygen atoms in total. The average molecular weight is 363 g/mol. The van der Waals surface area contributed by atoms with E-state index in [-0.39, 0.29) is 18.5 Å². The van der Waals surface area contributed by atoms with E-state index in [9.17, 15) is 9.59 Å². The van der Waals surface area contributed by atoms with E-state index in [4.69, 9.17) is 4.74 Å². The van der Waals surface area contributed by atoms with E-state index in [1.54, 1.807) is 16.8 Å². The van der Waals surface area contributed by atoms with E-state index in [0.717, 1.165) is 25.1 Å². The van der Waals surface area contributed by atoms with Gasteiger partial charge in [0, 0.05) is 32.4 Å². The Morgan fingerprint density at radius 2 is 2.08 bits per heavy atom. The summed E-state index contributed by atoms with van der Waals surface area (Å²) >= 11 is 0. The van der Waals surface area contributed by atoms with Crippen LogP contribution in [0.1, 0.15) is 29.8 Å². The number of nitrogens with zero attached hydrogens (tertiary/aromatic N) is 4. The second-order valence-corrected chi connectivity index (χ2v) is 7.50. The number of hydrogen-bond acceptors (Lipinski definition) is 4. The lowest BCUT2D eigenvalue weighted by Crippen LogP contribution is -2.55. The van der Waals surface area contributed by atoms with Gasteiger partial charge in [-0.2, -0.15) is 5.10 Å². The van der Waals surface area contributed by atoms with Gasteiger partial charge in [-0.1, -0.05) is 0 Å². The highest BCUT2D eigenvalue weighted by Gasteiger charge is 2.45. The molecular weight excluding hydrogens is 334 g/mol.